The smallest absolute Gasteiger partial charge is 0.443 e. The number of carbonyl (C=O) groups is 1. The third-order valence-corrected chi connectivity index (χ3v) is 4.67. The first-order valence-corrected chi connectivity index (χ1v) is 8.35. The minimum absolute atomic E-state index is 0.00617. The summed E-state index contributed by atoms with van der Waals surface area (Å²) in [6, 6.07) is 0. The van der Waals surface area contributed by atoms with Crippen LogP contribution in [-0.4, -0.2) is 43.6 Å². The molecule has 0 fully saturated rings. The number of hydrogen-bond donors (Lipinski definition) is 0. The van der Waals surface area contributed by atoms with Crippen molar-refractivity contribution in [3.05, 3.63) is 11.8 Å². The van der Waals surface area contributed by atoms with Crippen LogP contribution in [0.1, 0.15) is 34.1 Å². The fourth-order valence-corrected chi connectivity index (χ4v) is 2.02. The van der Waals surface area contributed by atoms with Crippen molar-refractivity contribution in [1.82, 2.24) is 4.90 Å². The standard InChI is InChI=1S/C13H20F3NO5S/c1-9(2)12(3,4)21-11(18)17-7-5-10(6-8-17)22-23(19,20)13(14,15)16/h5,9H,6-8H2,1-4H3. The molecule has 0 aromatic heterocycles. The minimum Gasteiger partial charge on any atom is -0.443 e. The Morgan fingerprint density at radius 3 is 2.26 bits per heavy atom. The van der Waals surface area contributed by atoms with E-state index in [-0.39, 0.29) is 31.2 Å². The zero-order valence-corrected chi connectivity index (χ0v) is 14.1. The summed E-state index contributed by atoms with van der Waals surface area (Å²) < 4.78 is 67.9. The predicted octanol–water partition coefficient (Wildman–Crippen LogP) is 3.01. The summed E-state index contributed by atoms with van der Waals surface area (Å²) in [5.74, 6) is -0.267. The fourth-order valence-electron chi connectivity index (χ4n) is 1.49. The highest BCUT2D eigenvalue weighted by atomic mass is 32.2. The van der Waals surface area contributed by atoms with E-state index in [9.17, 15) is 26.4 Å². The third-order valence-electron chi connectivity index (χ3n) is 3.67. The summed E-state index contributed by atoms with van der Waals surface area (Å²) >= 11 is 0. The Balaban J connectivity index is 2.67. The van der Waals surface area contributed by atoms with Gasteiger partial charge in [-0.05, 0) is 25.8 Å². The molecule has 0 aliphatic carbocycles. The van der Waals surface area contributed by atoms with Gasteiger partial charge >= 0.3 is 21.7 Å². The van der Waals surface area contributed by atoms with E-state index < -0.39 is 27.3 Å². The number of alkyl halides is 3. The van der Waals surface area contributed by atoms with E-state index in [1.165, 1.54) is 4.90 Å². The second-order valence-corrected chi connectivity index (χ2v) is 7.51. The van der Waals surface area contributed by atoms with Crippen LogP contribution in [0.25, 0.3) is 0 Å². The van der Waals surface area contributed by atoms with Crippen LogP contribution >= 0.6 is 0 Å². The van der Waals surface area contributed by atoms with Gasteiger partial charge in [0.25, 0.3) is 0 Å². The second-order valence-electron chi connectivity index (χ2n) is 5.98. The quantitative estimate of drug-likeness (QED) is 0.570. The van der Waals surface area contributed by atoms with Crippen LogP contribution in [0.3, 0.4) is 0 Å². The number of halogens is 3. The number of rotatable bonds is 4. The molecule has 23 heavy (non-hydrogen) atoms. The van der Waals surface area contributed by atoms with Crippen molar-refractivity contribution >= 4 is 16.2 Å². The second kappa shape index (κ2) is 6.58. The van der Waals surface area contributed by atoms with Crippen LogP contribution in [0.4, 0.5) is 18.0 Å². The number of amides is 1. The normalized spacial score (nSPS) is 17.0. The Kier molecular flexibility index (Phi) is 5.61. The molecule has 1 aliphatic rings. The molecule has 0 aromatic carbocycles. The summed E-state index contributed by atoms with van der Waals surface area (Å²) in [7, 11) is -5.68. The van der Waals surface area contributed by atoms with Gasteiger partial charge < -0.3 is 13.8 Å². The molecular weight excluding hydrogens is 339 g/mol. The van der Waals surface area contributed by atoms with Gasteiger partial charge in [0.1, 0.15) is 11.4 Å². The van der Waals surface area contributed by atoms with E-state index in [1.807, 2.05) is 13.8 Å². The van der Waals surface area contributed by atoms with Crippen LogP contribution in [0.2, 0.25) is 0 Å². The average Bonchev–Trinajstić information content (AvgIpc) is 2.36. The molecule has 0 saturated carbocycles. The lowest BCUT2D eigenvalue weighted by Crippen LogP contribution is -2.42. The zero-order chi connectivity index (χ0) is 18.1. The SMILES string of the molecule is CC(C)C(C)(C)OC(=O)N1CC=C(OS(=O)(=O)C(F)(F)F)CC1. The van der Waals surface area contributed by atoms with Gasteiger partial charge in [-0.3, -0.25) is 0 Å². The first-order valence-electron chi connectivity index (χ1n) is 6.94. The lowest BCUT2D eigenvalue weighted by Gasteiger charge is -2.33. The van der Waals surface area contributed by atoms with Crippen molar-refractivity contribution in [3.8, 4) is 0 Å². The highest BCUT2D eigenvalue weighted by molar-refractivity contribution is 7.87. The molecule has 1 heterocycles. The molecule has 0 atom stereocenters. The molecule has 0 spiro atoms. The number of nitrogens with zero attached hydrogens (tertiary/aromatic N) is 1. The zero-order valence-electron chi connectivity index (χ0n) is 13.3. The maximum atomic E-state index is 12.2. The summed E-state index contributed by atoms with van der Waals surface area (Å²) in [5.41, 5.74) is -6.18. The number of carbonyl (C=O) groups excluding carboxylic acids is 1. The highest BCUT2D eigenvalue weighted by Gasteiger charge is 2.49. The van der Waals surface area contributed by atoms with Gasteiger partial charge in [-0.15, -0.1) is 0 Å². The first kappa shape index (κ1) is 19.6. The van der Waals surface area contributed by atoms with Crippen molar-refractivity contribution in [2.45, 2.75) is 45.2 Å². The molecule has 10 heteroatoms. The molecular formula is C13H20F3NO5S. The Bertz CT molecular complexity index is 581. The summed E-state index contributed by atoms with van der Waals surface area (Å²) in [6.45, 7) is 7.19. The maximum absolute atomic E-state index is 12.2. The van der Waals surface area contributed by atoms with Crippen molar-refractivity contribution in [1.29, 1.82) is 0 Å². The van der Waals surface area contributed by atoms with Gasteiger partial charge in [0.2, 0.25) is 0 Å². The fraction of sp³-hybridized carbons (Fsp3) is 0.769. The average molecular weight is 359 g/mol. The highest BCUT2D eigenvalue weighted by Crippen LogP contribution is 2.28. The Morgan fingerprint density at radius 1 is 1.30 bits per heavy atom. The molecule has 1 rings (SSSR count). The van der Waals surface area contributed by atoms with Gasteiger partial charge in [0, 0.05) is 19.5 Å². The Hall–Kier alpha value is -1.45. The Labute approximate surface area is 133 Å². The molecule has 0 bridgehead atoms. The van der Waals surface area contributed by atoms with E-state index in [0.29, 0.717) is 0 Å². The molecule has 0 unspecified atom stereocenters. The van der Waals surface area contributed by atoms with Crippen molar-refractivity contribution in [3.63, 3.8) is 0 Å². The molecule has 6 nitrogen and oxygen atoms in total. The van der Waals surface area contributed by atoms with Crippen molar-refractivity contribution in [2.24, 2.45) is 5.92 Å². The van der Waals surface area contributed by atoms with E-state index in [1.54, 1.807) is 13.8 Å². The lowest BCUT2D eigenvalue weighted by molar-refractivity contribution is -0.0526. The molecule has 0 saturated heterocycles. The molecule has 0 aromatic rings. The van der Waals surface area contributed by atoms with E-state index >= 15 is 0 Å². The van der Waals surface area contributed by atoms with Crippen LogP contribution in [-0.2, 0) is 19.0 Å². The predicted molar refractivity (Wildman–Crippen MR) is 75.7 cm³/mol. The summed E-state index contributed by atoms with van der Waals surface area (Å²) in [6.07, 6.45) is 0.362. The maximum Gasteiger partial charge on any atom is 0.534 e. The molecule has 134 valence electrons. The van der Waals surface area contributed by atoms with Crippen LogP contribution in [0, 0.1) is 5.92 Å². The van der Waals surface area contributed by atoms with Crippen molar-refractivity contribution in [2.75, 3.05) is 13.1 Å². The molecule has 0 N–H and O–H groups in total. The van der Waals surface area contributed by atoms with Crippen LogP contribution < -0.4 is 0 Å². The van der Waals surface area contributed by atoms with Crippen LogP contribution in [0.5, 0.6) is 0 Å². The number of hydrogen-bond acceptors (Lipinski definition) is 5. The molecule has 1 aliphatic heterocycles. The van der Waals surface area contributed by atoms with Gasteiger partial charge in [-0.2, -0.15) is 21.6 Å². The van der Waals surface area contributed by atoms with Crippen molar-refractivity contribution < 1.29 is 35.3 Å². The lowest BCUT2D eigenvalue weighted by atomic mass is 9.95. The monoisotopic (exact) mass is 359 g/mol. The summed E-state index contributed by atoms with van der Waals surface area (Å²) in [4.78, 5) is 13.3. The molecule has 1 amide bonds. The Morgan fingerprint density at radius 2 is 1.87 bits per heavy atom. The largest absolute Gasteiger partial charge is 0.534 e. The first-order chi connectivity index (χ1) is 10.3. The minimum atomic E-state index is -5.68. The summed E-state index contributed by atoms with van der Waals surface area (Å²) in [5, 5.41) is 0. The van der Waals surface area contributed by atoms with Gasteiger partial charge in [0.15, 0.2) is 0 Å². The molecule has 0 radical (unpaired) electrons. The van der Waals surface area contributed by atoms with E-state index in [0.717, 1.165) is 6.08 Å². The van der Waals surface area contributed by atoms with E-state index in [2.05, 4.69) is 4.18 Å². The van der Waals surface area contributed by atoms with E-state index in [4.69, 9.17) is 4.74 Å². The third kappa shape index (κ3) is 5.02. The van der Waals surface area contributed by atoms with Gasteiger partial charge in [-0.25, -0.2) is 4.79 Å². The number of ether oxygens (including phenoxy) is 1. The van der Waals surface area contributed by atoms with Gasteiger partial charge in [0.05, 0.1) is 0 Å². The van der Waals surface area contributed by atoms with Gasteiger partial charge in [-0.1, -0.05) is 13.8 Å². The topological polar surface area (TPSA) is 72.9 Å². The van der Waals surface area contributed by atoms with Crippen LogP contribution in [0.15, 0.2) is 11.8 Å².